The highest BCUT2D eigenvalue weighted by molar-refractivity contribution is 7.09. The largest absolute Gasteiger partial charge is 0.340 e. The maximum atomic E-state index is 5.69. The van der Waals surface area contributed by atoms with Crippen molar-refractivity contribution in [1.29, 1.82) is 0 Å². The summed E-state index contributed by atoms with van der Waals surface area (Å²) in [5.41, 5.74) is 5.69. The van der Waals surface area contributed by atoms with E-state index in [0.29, 0.717) is 5.92 Å². The van der Waals surface area contributed by atoms with Crippen molar-refractivity contribution in [2.24, 2.45) is 11.7 Å². The first-order valence-corrected chi connectivity index (χ1v) is 6.79. The van der Waals surface area contributed by atoms with Gasteiger partial charge in [-0.2, -0.15) is 4.98 Å². The Morgan fingerprint density at radius 3 is 2.94 bits per heavy atom. The van der Waals surface area contributed by atoms with Crippen LogP contribution in [-0.4, -0.2) is 44.4 Å². The van der Waals surface area contributed by atoms with Crippen LogP contribution in [0.25, 0.3) is 10.7 Å². The molecule has 0 spiro atoms. The number of aromatic amines is 1. The van der Waals surface area contributed by atoms with Crippen molar-refractivity contribution in [2.75, 3.05) is 24.5 Å². The van der Waals surface area contributed by atoms with Crippen LogP contribution in [0.4, 0.5) is 5.95 Å². The van der Waals surface area contributed by atoms with Crippen LogP contribution in [0.3, 0.4) is 0 Å². The summed E-state index contributed by atoms with van der Waals surface area (Å²) in [7, 11) is 0. The van der Waals surface area contributed by atoms with Crippen LogP contribution < -0.4 is 10.6 Å². The zero-order valence-corrected chi connectivity index (χ0v) is 10.7. The minimum atomic E-state index is 0.644. The lowest BCUT2D eigenvalue weighted by Gasteiger charge is -2.30. The van der Waals surface area contributed by atoms with Gasteiger partial charge in [-0.05, 0) is 36.8 Å². The molecule has 7 nitrogen and oxygen atoms in total. The molecule has 1 aliphatic rings. The van der Waals surface area contributed by atoms with Gasteiger partial charge in [-0.15, -0.1) is 10.2 Å². The Hall–Kier alpha value is -1.54. The lowest BCUT2D eigenvalue weighted by Crippen LogP contribution is -2.36. The maximum absolute atomic E-state index is 5.69. The highest BCUT2D eigenvalue weighted by atomic mass is 32.1. The minimum absolute atomic E-state index is 0.644. The predicted octanol–water partition coefficient (Wildman–Crippen LogP) is 0.498. The van der Waals surface area contributed by atoms with Crippen molar-refractivity contribution in [3.05, 3.63) is 6.20 Å². The third-order valence-electron chi connectivity index (χ3n) is 3.30. The Balaban J connectivity index is 1.71. The third-order valence-corrected chi connectivity index (χ3v) is 3.97. The molecule has 0 amide bonds. The molecule has 0 bridgehead atoms. The molecule has 0 saturated carbocycles. The molecular formula is C10H15N7S. The second kappa shape index (κ2) is 4.99. The average molecular weight is 265 g/mol. The quantitative estimate of drug-likeness (QED) is 0.838. The molecule has 1 fully saturated rings. The van der Waals surface area contributed by atoms with Crippen LogP contribution in [0.2, 0.25) is 0 Å². The zero-order chi connectivity index (χ0) is 12.4. The SMILES string of the molecule is NCC1CCN(c2n[nH]c(-c3cnns3)n2)CC1. The molecule has 96 valence electrons. The number of hydrogen-bond donors (Lipinski definition) is 2. The van der Waals surface area contributed by atoms with Crippen molar-refractivity contribution < 1.29 is 0 Å². The molecule has 0 aliphatic carbocycles. The molecular weight excluding hydrogens is 250 g/mol. The van der Waals surface area contributed by atoms with E-state index < -0.39 is 0 Å². The van der Waals surface area contributed by atoms with Gasteiger partial charge < -0.3 is 10.6 Å². The first-order valence-electron chi connectivity index (χ1n) is 6.02. The first-order chi connectivity index (χ1) is 8.86. The number of aromatic nitrogens is 5. The predicted molar refractivity (Wildman–Crippen MR) is 69.3 cm³/mol. The summed E-state index contributed by atoms with van der Waals surface area (Å²) >= 11 is 1.31. The van der Waals surface area contributed by atoms with Gasteiger partial charge in [-0.3, -0.25) is 5.10 Å². The monoisotopic (exact) mass is 265 g/mol. The summed E-state index contributed by atoms with van der Waals surface area (Å²) in [5.74, 6) is 2.14. The number of rotatable bonds is 3. The van der Waals surface area contributed by atoms with E-state index in [9.17, 15) is 0 Å². The second-order valence-corrected chi connectivity index (χ2v) is 5.22. The Bertz CT molecular complexity index is 486. The van der Waals surface area contributed by atoms with E-state index in [1.165, 1.54) is 11.5 Å². The summed E-state index contributed by atoms with van der Waals surface area (Å²) in [4.78, 5) is 7.59. The normalized spacial score (nSPS) is 17.3. The molecule has 3 N–H and O–H groups in total. The lowest BCUT2D eigenvalue weighted by atomic mass is 9.97. The van der Waals surface area contributed by atoms with Gasteiger partial charge in [0.25, 0.3) is 0 Å². The van der Waals surface area contributed by atoms with Crippen LogP contribution in [-0.2, 0) is 0 Å². The fourth-order valence-electron chi connectivity index (χ4n) is 2.14. The number of piperidine rings is 1. The van der Waals surface area contributed by atoms with Gasteiger partial charge in [0.2, 0.25) is 5.95 Å². The van der Waals surface area contributed by atoms with Crippen LogP contribution in [0, 0.1) is 5.92 Å². The molecule has 3 rings (SSSR count). The number of nitrogens with zero attached hydrogens (tertiary/aromatic N) is 5. The van der Waals surface area contributed by atoms with Gasteiger partial charge >= 0.3 is 0 Å². The van der Waals surface area contributed by atoms with Crippen LogP contribution >= 0.6 is 11.5 Å². The van der Waals surface area contributed by atoms with E-state index in [-0.39, 0.29) is 0 Å². The third kappa shape index (κ3) is 2.21. The van der Waals surface area contributed by atoms with E-state index in [1.807, 2.05) is 0 Å². The molecule has 0 atom stereocenters. The molecule has 1 aliphatic heterocycles. The number of H-pyrrole nitrogens is 1. The Morgan fingerprint density at radius 2 is 2.28 bits per heavy atom. The van der Waals surface area contributed by atoms with E-state index in [4.69, 9.17) is 5.73 Å². The number of nitrogens with two attached hydrogens (primary N) is 1. The highest BCUT2D eigenvalue weighted by Crippen LogP contribution is 2.23. The van der Waals surface area contributed by atoms with Crippen molar-refractivity contribution in [3.63, 3.8) is 0 Å². The maximum Gasteiger partial charge on any atom is 0.245 e. The van der Waals surface area contributed by atoms with Crippen LogP contribution in [0.5, 0.6) is 0 Å². The van der Waals surface area contributed by atoms with Gasteiger partial charge in [0.05, 0.1) is 6.20 Å². The Kier molecular flexibility index (Phi) is 3.20. The van der Waals surface area contributed by atoms with Crippen LogP contribution in [0.15, 0.2) is 6.20 Å². The molecule has 2 aromatic heterocycles. The second-order valence-electron chi connectivity index (χ2n) is 4.43. The van der Waals surface area contributed by atoms with Gasteiger partial charge in [-0.25, -0.2) is 0 Å². The van der Waals surface area contributed by atoms with Crippen molar-refractivity contribution in [3.8, 4) is 10.7 Å². The van der Waals surface area contributed by atoms with E-state index in [2.05, 4.69) is 29.7 Å². The van der Waals surface area contributed by atoms with E-state index in [1.54, 1.807) is 6.20 Å². The summed E-state index contributed by atoms with van der Waals surface area (Å²) in [6.07, 6.45) is 3.92. The molecule has 2 aromatic rings. The van der Waals surface area contributed by atoms with Crippen molar-refractivity contribution in [1.82, 2.24) is 24.8 Å². The van der Waals surface area contributed by atoms with Gasteiger partial charge in [0.15, 0.2) is 5.82 Å². The summed E-state index contributed by atoms with van der Waals surface area (Å²) in [5, 5.41) is 11.0. The summed E-state index contributed by atoms with van der Waals surface area (Å²) < 4.78 is 3.82. The lowest BCUT2D eigenvalue weighted by molar-refractivity contribution is 0.411. The topological polar surface area (TPSA) is 96.6 Å². The summed E-state index contributed by atoms with van der Waals surface area (Å²) in [6.45, 7) is 2.72. The standard InChI is InChI=1S/C10H15N7S/c11-5-7-1-3-17(4-2-7)10-13-9(14-15-10)8-6-12-16-18-8/h6-7H,1-5,11H2,(H,13,14,15). The number of hydrogen-bond acceptors (Lipinski definition) is 7. The van der Waals surface area contributed by atoms with Crippen LogP contribution in [0.1, 0.15) is 12.8 Å². The Labute approximate surface area is 109 Å². The molecule has 3 heterocycles. The smallest absolute Gasteiger partial charge is 0.245 e. The average Bonchev–Trinajstić information content (AvgIpc) is 3.09. The minimum Gasteiger partial charge on any atom is -0.340 e. The number of nitrogens with one attached hydrogen (secondary N) is 1. The first kappa shape index (κ1) is 11.5. The van der Waals surface area contributed by atoms with E-state index >= 15 is 0 Å². The molecule has 1 saturated heterocycles. The molecule has 0 aromatic carbocycles. The van der Waals surface area contributed by atoms with E-state index in [0.717, 1.165) is 49.1 Å². The fourth-order valence-corrected chi connectivity index (χ4v) is 2.60. The van der Waals surface area contributed by atoms with Crippen molar-refractivity contribution in [2.45, 2.75) is 12.8 Å². The highest BCUT2D eigenvalue weighted by Gasteiger charge is 2.21. The van der Waals surface area contributed by atoms with Gasteiger partial charge in [0, 0.05) is 13.1 Å². The molecule has 0 unspecified atom stereocenters. The molecule has 18 heavy (non-hydrogen) atoms. The number of anilines is 1. The van der Waals surface area contributed by atoms with Gasteiger partial charge in [-0.1, -0.05) is 4.49 Å². The zero-order valence-electron chi connectivity index (χ0n) is 9.91. The fraction of sp³-hybridized carbons (Fsp3) is 0.600. The summed E-state index contributed by atoms with van der Waals surface area (Å²) in [6, 6.07) is 0. The Morgan fingerprint density at radius 1 is 1.44 bits per heavy atom. The van der Waals surface area contributed by atoms with Crippen molar-refractivity contribution >= 4 is 17.5 Å². The molecule has 8 heteroatoms. The molecule has 0 radical (unpaired) electrons. The van der Waals surface area contributed by atoms with Gasteiger partial charge in [0.1, 0.15) is 4.88 Å².